The second kappa shape index (κ2) is 10.2. The number of benzene rings is 1. The van der Waals surface area contributed by atoms with Gasteiger partial charge in [-0.2, -0.15) is 0 Å². The number of hydrogen-bond acceptors (Lipinski definition) is 9. The molecular formula is C30H42N4O7. The zero-order valence-corrected chi connectivity index (χ0v) is 24.0. The minimum atomic E-state index is -0.785. The first kappa shape index (κ1) is 28.3. The van der Waals surface area contributed by atoms with Crippen molar-refractivity contribution >= 4 is 28.4 Å². The van der Waals surface area contributed by atoms with Crippen LogP contribution in [-0.2, 0) is 4.79 Å². The van der Waals surface area contributed by atoms with E-state index in [9.17, 15) is 30.2 Å². The van der Waals surface area contributed by atoms with Crippen LogP contribution in [0, 0.1) is 56.5 Å². The zero-order chi connectivity index (χ0) is 29.3. The van der Waals surface area contributed by atoms with Gasteiger partial charge in [0.25, 0.3) is 0 Å². The van der Waals surface area contributed by atoms with Crippen molar-refractivity contribution in [2.24, 2.45) is 46.3 Å². The Balaban J connectivity index is 1.38. The minimum Gasteiger partial charge on any atom is -0.481 e. The number of nitro groups is 1. The maximum atomic E-state index is 11.9. The summed E-state index contributed by atoms with van der Waals surface area (Å²) in [4.78, 5) is 22.4. The lowest BCUT2D eigenvalue weighted by Gasteiger charge is -2.64. The average Bonchev–Trinajstić information content (AvgIpc) is 3.55. The lowest BCUT2D eigenvalue weighted by atomic mass is 9.42. The molecule has 1 heterocycles. The number of rotatable bonds is 7. The van der Waals surface area contributed by atoms with E-state index in [-0.39, 0.29) is 76.1 Å². The van der Waals surface area contributed by atoms with Gasteiger partial charge in [-0.3, -0.25) is 14.9 Å². The van der Waals surface area contributed by atoms with Crippen LogP contribution in [0.4, 0.5) is 11.4 Å². The quantitative estimate of drug-likeness (QED) is 0.262. The second-order valence-electron chi connectivity index (χ2n) is 14.0. The van der Waals surface area contributed by atoms with Crippen molar-refractivity contribution in [2.45, 2.75) is 96.8 Å². The molecule has 4 fully saturated rings. The molecule has 0 unspecified atom stereocenters. The smallest absolute Gasteiger partial charge is 0.303 e. The summed E-state index contributed by atoms with van der Waals surface area (Å²) in [6.07, 6.45) is 5.81. The van der Waals surface area contributed by atoms with Crippen molar-refractivity contribution in [3.05, 3.63) is 22.2 Å². The van der Waals surface area contributed by atoms with E-state index in [0.717, 1.165) is 38.5 Å². The molecule has 41 heavy (non-hydrogen) atoms. The van der Waals surface area contributed by atoms with E-state index < -0.39 is 17.0 Å². The number of nitrogens with one attached hydrogen (secondary N) is 1. The van der Waals surface area contributed by atoms with E-state index in [0.29, 0.717) is 24.0 Å². The zero-order valence-electron chi connectivity index (χ0n) is 24.0. The van der Waals surface area contributed by atoms with E-state index in [2.05, 4.69) is 36.4 Å². The number of aliphatic hydroxyl groups is 2. The maximum Gasteiger partial charge on any atom is 0.303 e. The standard InChI is InChI=1S/C30H42N4O7/c1-15(4-9-25(37)38)18-5-6-19-26-20(14-24(36)30(18,19)3)29(2)11-10-17(35)12-16(29)13-22(26)31-21-7-8-23(34(39)40)28-27(21)32-41-33-28/h7-8,15-20,22,24,26,31,35-36H,4-6,9-14H2,1-3H3,(H,37,38)/t15-,16+,17-,18-,19+,20+,22-,24+,26+,29+,30-/m1/s1. The Morgan fingerprint density at radius 1 is 1.15 bits per heavy atom. The molecule has 1 aromatic heterocycles. The number of carbonyl (C=O) groups is 1. The molecule has 6 rings (SSSR count). The third-order valence-electron chi connectivity index (χ3n) is 12.3. The molecule has 0 amide bonds. The number of hydrogen-bond donors (Lipinski definition) is 4. The van der Waals surface area contributed by atoms with E-state index in [1.807, 2.05) is 0 Å². The van der Waals surface area contributed by atoms with Crippen LogP contribution in [0.1, 0.15) is 78.6 Å². The SMILES string of the molecule is C[C@H](CCC(=O)O)[C@H]1CC[C@H]2[C@@H]3[C@H](Nc4ccc([N+](=O)[O-])c5nonc45)C[C@@H]4C[C@H](O)CC[C@]4(C)[C@H]3C[C@H](O)[C@]12C. The largest absolute Gasteiger partial charge is 0.481 e. The minimum absolute atomic E-state index is 0.00234. The fourth-order valence-electron chi connectivity index (χ4n) is 10.2. The fraction of sp³-hybridized carbons (Fsp3) is 0.767. The van der Waals surface area contributed by atoms with Crippen LogP contribution in [0.25, 0.3) is 11.0 Å². The molecule has 4 saturated carbocycles. The molecule has 4 N–H and O–H groups in total. The van der Waals surface area contributed by atoms with Gasteiger partial charge in [-0.15, -0.1) is 0 Å². The number of non-ortho nitro benzene ring substituents is 1. The highest BCUT2D eigenvalue weighted by atomic mass is 16.6. The third kappa shape index (κ3) is 4.42. The fourth-order valence-corrected chi connectivity index (χ4v) is 10.2. The summed E-state index contributed by atoms with van der Waals surface area (Å²) in [5.74, 6) is 0.626. The molecular weight excluding hydrogens is 528 g/mol. The van der Waals surface area contributed by atoms with Crippen LogP contribution < -0.4 is 5.32 Å². The van der Waals surface area contributed by atoms with Gasteiger partial charge in [-0.05, 0) is 114 Å². The van der Waals surface area contributed by atoms with Gasteiger partial charge in [0.05, 0.1) is 22.8 Å². The number of nitro benzene ring substituents is 1. The van der Waals surface area contributed by atoms with Crippen molar-refractivity contribution in [3.8, 4) is 0 Å². The Morgan fingerprint density at radius 3 is 2.63 bits per heavy atom. The van der Waals surface area contributed by atoms with Crippen LogP contribution in [0.15, 0.2) is 16.8 Å². The normalized spacial score (nSPS) is 40.8. The summed E-state index contributed by atoms with van der Waals surface area (Å²) < 4.78 is 4.94. The first-order valence-corrected chi connectivity index (χ1v) is 15.2. The molecule has 11 heteroatoms. The molecule has 0 bridgehead atoms. The topological polar surface area (TPSA) is 172 Å². The number of aromatic nitrogens is 2. The summed E-state index contributed by atoms with van der Waals surface area (Å²) in [7, 11) is 0. The van der Waals surface area contributed by atoms with Gasteiger partial charge in [0, 0.05) is 18.5 Å². The number of carboxylic acids is 1. The monoisotopic (exact) mass is 570 g/mol. The Morgan fingerprint density at radius 2 is 1.90 bits per heavy atom. The van der Waals surface area contributed by atoms with E-state index in [1.165, 1.54) is 6.07 Å². The van der Waals surface area contributed by atoms with Gasteiger partial charge in [0.15, 0.2) is 5.52 Å². The number of anilines is 1. The number of fused-ring (bicyclic) bond motifs is 6. The summed E-state index contributed by atoms with van der Waals surface area (Å²) in [5, 5.41) is 55.1. The summed E-state index contributed by atoms with van der Waals surface area (Å²) in [6.45, 7) is 6.73. The van der Waals surface area contributed by atoms with Crippen LogP contribution in [-0.4, -0.2) is 54.8 Å². The predicted octanol–water partition coefficient (Wildman–Crippen LogP) is 5.01. The number of nitrogens with zero attached hydrogens (tertiary/aromatic N) is 3. The van der Waals surface area contributed by atoms with Crippen molar-refractivity contribution < 1.29 is 29.7 Å². The van der Waals surface area contributed by atoms with E-state index in [4.69, 9.17) is 4.63 Å². The van der Waals surface area contributed by atoms with Crippen LogP contribution in [0.5, 0.6) is 0 Å². The lowest BCUT2D eigenvalue weighted by Crippen LogP contribution is -2.63. The van der Waals surface area contributed by atoms with E-state index >= 15 is 0 Å². The lowest BCUT2D eigenvalue weighted by molar-refractivity contribution is -0.383. The summed E-state index contributed by atoms with van der Waals surface area (Å²) >= 11 is 0. The van der Waals surface area contributed by atoms with E-state index in [1.54, 1.807) is 6.07 Å². The van der Waals surface area contributed by atoms with Gasteiger partial charge in [-0.1, -0.05) is 20.8 Å². The Labute approximate surface area is 239 Å². The van der Waals surface area contributed by atoms with Crippen molar-refractivity contribution in [2.75, 3.05) is 5.32 Å². The third-order valence-corrected chi connectivity index (χ3v) is 12.3. The van der Waals surface area contributed by atoms with Crippen LogP contribution >= 0.6 is 0 Å². The molecule has 224 valence electrons. The molecule has 11 atom stereocenters. The van der Waals surface area contributed by atoms with Gasteiger partial charge in [-0.25, -0.2) is 4.63 Å². The molecule has 2 aromatic rings. The molecule has 0 aliphatic heterocycles. The van der Waals surface area contributed by atoms with Crippen LogP contribution in [0.2, 0.25) is 0 Å². The number of aliphatic hydroxyl groups excluding tert-OH is 2. The van der Waals surface area contributed by atoms with Gasteiger partial charge < -0.3 is 20.6 Å². The maximum absolute atomic E-state index is 11.9. The molecule has 4 aliphatic carbocycles. The Kier molecular flexibility index (Phi) is 7.04. The summed E-state index contributed by atoms with van der Waals surface area (Å²) in [5.41, 5.74) is 0.598. The van der Waals surface area contributed by atoms with Gasteiger partial charge in [0.2, 0.25) is 5.52 Å². The average molecular weight is 571 g/mol. The van der Waals surface area contributed by atoms with Gasteiger partial charge in [0.1, 0.15) is 0 Å². The molecule has 0 spiro atoms. The first-order chi connectivity index (χ1) is 19.4. The first-order valence-electron chi connectivity index (χ1n) is 15.2. The Bertz CT molecular complexity index is 1330. The number of carboxylic acid groups (broad SMARTS) is 1. The second-order valence-corrected chi connectivity index (χ2v) is 14.0. The molecule has 0 radical (unpaired) electrons. The molecule has 1 aromatic carbocycles. The van der Waals surface area contributed by atoms with Crippen LogP contribution in [0.3, 0.4) is 0 Å². The van der Waals surface area contributed by atoms with Gasteiger partial charge >= 0.3 is 11.7 Å². The highest BCUT2D eigenvalue weighted by Gasteiger charge is 2.65. The van der Waals surface area contributed by atoms with Crippen molar-refractivity contribution in [3.63, 3.8) is 0 Å². The molecule has 11 nitrogen and oxygen atoms in total. The van der Waals surface area contributed by atoms with Crippen molar-refractivity contribution in [1.82, 2.24) is 10.3 Å². The highest BCUT2D eigenvalue weighted by molar-refractivity contribution is 5.93. The Hall–Kier alpha value is -2.79. The molecule has 0 saturated heterocycles. The summed E-state index contributed by atoms with van der Waals surface area (Å²) in [6, 6.07) is 3.13. The number of aliphatic carboxylic acids is 1. The highest BCUT2D eigenvalue weighted by Crippen LogP contribution is 2.68. The molecule has 4 aliphatic rings. The van der Waals surface area contributed by atoms with Crippen molar-refractivity contribution in [1.29, 1.82) is 0 Å². The predicted molar refractivity (Wildman–Crippen MR) is 150 cm³/mol.